The highest BCUT2D eigenvalue weighted by molar-refractivity contribution is 6.21. The highest BCUT2D eigenvalue weighted by Gasteiger charge is 2.46. The molecule has 1 aromatic carbocycles. The Morgan fingerprint density at radius 3 is 2.13 bits per heavy atom. The van der Waals surface area contributed by atoms with E-state index in [1.807, 2.05) is 27.7 Å². The zero-order chi connectivity index (χ0) is 22.6. The second-order valence-corrected chi connectivity index (χ2v) is 9.86. The molecule has 0 bridgehead atoms. The molecule has 0 aliphatic carbocycles. The number of amides is 2. The molecule has 0 unspecified atom stereocenters. The number of hydrogen-bond donors (Lipinski definition) is 1. The monoisotopic (exact) mass is 426 g/mol. The number of rotatable bonds is 5. The third-order valence-electron chi connectivity index (χ3n) is 6.84. The lowest BCUT2D eigenvalue weighted by Crippen LogP contribution is -2.51. The predicted octanol–water partition coefficient (Wildman–Crippen LogP) is 1.63. The second kappa shape index (κ2) is 7.70. The van der Waals surface area contributed by atoms with E-state index in [0.29, 0.717) is 29.9 Å². The van der Waals surface area contributed by atoms with Crippen molar-refractivity contribution in [2.24, 2.45) is 0 Å². The van der Waals surface area contributed by atoms with Gasteiger partial charge in [-0.1, -0.05) is 6.08 Å². The van der Waals surface area contributed by atoms with Gasteiger partial charge in [-0.3, -0.25) is 24.3 Å². The average molecular weight is 427 g/mol. The fourth-order valence-electron chi connectivity index (χ4n) is 4.92. The van der Waals surface area contributed by atoms with Gasteiger partial charge < -0.3 is 5.73 Å². The summed E-state index contributed by atoms with van der Waals surface area (Å²) in [5.41, 5.74) is 7.30. The van der Waals surface area contributed by atoms with E-state index in [9.17, 15) is 14.8 Å². The van der Waals surface area contributed by atoms with Crippen molar-refractivity contribution < 1.29 is 14.8 Å². The fraction of sp³-hybridized carbons (Fsp3) is 0.565. The molecule has 167 valence electrons. The quantitative estimate of drug-likeness (QED) is 0.437. The Morgan fingerprint density at radius 2 is 1.52 bits per heavy atom. The van der Waals surface area contributed by atoms with E-state index in [-0.39, 0.29) is 11.8 Å². The minimum Gasteiger partial charge on any atom is -0.399 e. The van der Waals surface area contributed by atoms with Gasteiger partial charge in [0.25, 0.3) is 11.8 Å². The Balaban J connectivity index is 1.29. The number of nitrogen functional groups attached to an aromatic ring is 1. The van der Waals surface area contributed by atoms with Gasteiger partial charge in [-0.15, -0.1) is 10.3 Å². The molecular formula is C23H32N5O3. The summed E-state index contributed by atoms with van der Waals surface area (Å²) in [5.74, 6) is -0.495. The van der Waals surface area contributed by atoms with Crippen molar-refractivity contribution in [3.63, 3.8) is 0 Å². The lowest BCUT2D eigenvalue weighted by Gasteiger charge is -2.38. The number of hydrogen-bond acceptors (Lipinski definition) is 6. The number of carbonyl (C=O) groups excluding carboxylic acids is 2. The molecule has 4 rings (SSSR count). The number of hydroxylamine groups is 2. The Morgan fingerprint density at radius 1 is 0.903 bits per heavy atom. The lowest BCUT2D eigenvalue weighted by atomic mass is 9.96. The van der Waals surface area contributed by atoms with Crippen molar-refractivity contribution in [2.75, 3.05) is 51.5 Å². The van der Waals surface area contributed by atoms with Gasteiger partial charge in [0, 0.05) is 51.5 Å². The van der Waals surface area contributed by atoms with Crippen molar-refractivity contribution in [3.05, 3.63) is 41.0 Å². The molecule has 1 saturated heterocycles. The van der Waals surface area contributed by atoms with E-state index in [4.69, 9.17) is 5.73 Å². The Bertz CT molecular complexity index is 931. The zero-order valence-electron chi connectivity index (χ0n) is 18.9. The van der Waals surface area contributed by atoms with Gasteiger partial charge in [0.1, 0.15) is 0 Å². The number of benzene rings is 1. The SMILES string of the molecule is CC1(C)C=C(CN2CCN(CCN3C(=O)c4ccc(N)cc4C3=O)CC2)C(C)(C)N1[O]. The van der Waals surface area contributed by atoms with E-state index in [1.54, 1.807) is 18.2 Å². The minimum atomic E-state index is -0.491. The first-order chi connectivity index (χ1) is 14.5. The summed E-state index contributed by atoms with van der Waals surface area (Å²) in [5, 5.41) is 13.8. The molecule has 8 heteroatoms. The van der Waals surface area contributed by atoms with E-state index in [0.717, 1.165) is 32.7 Å². The number of nitrogens with two attached hydrogens (primary N) is 1. The summed E-state index contributed by atoms with van der Waals surface area (Å²) in [6.45, 7) is 13.3. The summed E-state index contributed by atoms with van der Waals surface area (Å²) >= 11 is 0. The number of piperazine rings is 1. The number of nitrogens with zero attached hydrogens (tertiary/aromatic N) is 4. The largest absolute Gasteiger partial charge is 0.399 e. The predicted molar refractivity (Wildman–Crippen MR) is 118 cm³/mol. The first-order valence-electron chi connectivity index (χ1n) is 10.9. The molecule has 31 heavy (non-hydrogen) atoms. The van der Waals surface area contributed by atoms with Crippen LogP contribution in [0.4, 0.5) is 5.69 Å². The maximum atomic E-state index is 12.6. The molecule has 2 N–H and O–H groups in total. The van der Waals surface area contributed by atoms with Crippen molar-refractivity contribution in [3.8, 4) is 0 Å². The Labute approximate surface area is 183 Å². The molecule has 0 saturated carbocycles. The average Bonchev–Trinajstić information content (AvgIpc) is 3.03. The van der Waals surface area contributed by atoms with Crippen LogP contribution in [-0.4, -0.2) is 88.5 Å². The molecule has 0 aromatic heterocycles. The first kappa shape index (κ1) is 22.0. The van der Waals surface area contributed by atoms with Gasteiger partial charge in [0.05, 0.1) is 22.2 Å². The van der Waals surface area contributed by atoms with Gasteiger partial charge in [-0.05, 0) is 51.5 Å². The van der Waals surface area contributed by atoms with E-state index in [1.165, 1.54) is 15.5 Å². The lowest BCUT2D eigenvalue weighted by molar-refractivity contribution is -0.239. The molecule has 1 fully saturated rings. The molecule has 0 atom stereocenters. The number of carbonyl (C=O) groups is 2. The van der Waals surface area contributed by atoms with Crippen molar-refractivity contribution in [2.45, 2.75) is 38.8 Å². The summed E-state index contributed by atoms with van der Waals surface area (Å²) in [6.07, 6.45) is 2.11. The fourth-order valence-corrected chi connectivity index (χ4v) is 4.92. The summed E-state index contributed by atoms with van der Waals surface area (Å²) in [6, 6.07) is 4.87. The minimum absolute atomic E-state index is 0.237. The number of anilines is 1. The number of imide groups is 1. The van der Waals surface area contributed by atoms with Gasteiger partial charge in [0.2, 0.25) is 0 Å². The highest BCUT2D eigenvalue weighted by Crippen LogP contribution is 2.39. The molecule has 3 aliphatic rings. The topological polar surface area (TPSA) is 93.0 Å². The van der Waals surface area contributed by atoms with Crippen LogP contribution in [0.2, 0.25) is 0 Å². The highest BCUT2D eigenvalue weighted by atomic mass is 16.5. The molecule has 8 nitrogen and oxygen atoms in total. The maximum absolute atomic E-state index is 12.6. The van der Waals surface area contributed by atoms with Gasteiger partial charge >= 0.3 is 0 Å². The summed E-state index contributed by atoms with van der Waals surface area (Å²) in [7, 11) is 0. The molecule has 0 spiro atoms. The van der Waals surface area contributed by atoms with Crippen LogP contribution in [0.25, 0.3) is 0 Å². The van der Waals surface area contributed by atoms with Crippen LogP contribution in [0, 0.1) is 0 Å². The molecule has 3 aliphatic heterocycles. The normalized spacial score (nSPS) is 24.0. The summed E-state index contributed by atoms with van der Waals surface area (Å²) < 4.78 is 0. The van der Waals surface area contributed by atoms with Crippen LogP contribution in [-0.2, 0) is 5.21 Å². The smallest absolute Gasteiger partial charge is 0.261 e. The van der Waals surface area contributed by atoms with Gasteiger partial charge in [0.15, 0.2) is 0 Å². The first-order valence-corrected chi connectivity index (χ1v) is 10.9. The maximum Gasteiger partial charge on any atom is 0.261 e. The third kappa shape index (κ3) is 3.89. The Kier molecular flexibility index (Phi) is 5.46. The number of fused-ring (bicyclic) bond motifs is 1. The van der Waals surface area contributed by atoms with E-state index < -0.39 is 11.1 Å². The van der Waals surface area contributed by atoms with Crippen LogP contribution in [0.1, 0.15) is 48.4 Å². The van der Waals surface area contributed by atoms with Gasteiger partial charge in [-0.25, -0.2) is 0 Å². The van der Waals surface area contributed by atoms with Crippen LogP contribution in [0.15, 0.2) is 29.8 Å². The van der Waals surface area contributed by atoms with E-state index >= 15 is 0 Å². The zero-order valence-corrected chi connectivity index (χ0v) is 18.9. The van der Waals surface area contributed by atoms with Crippen molar-refractivity contribution >= 4 is 17.5 Å². The summed E-state index contributed by atoms with van der Waals surface area (Å²) in [4.78, 5) is 31.2. The Hall–Kier alpha value is -2.26. The van der Waals surface area contributed by atoms with Gasteiger partial charge in [-0.2, -0.15) is 0 Å². The molecule has 1 aromatic rings. The molecular weight excluding hydrogens is 394 g/mol. The van der Waals surface area contributed by atoms with Crippen LogP contribution < -0.4 is 5.73 Å². The molecule has 1 radical (unpaired) electrons. The standard InChI is InChI=1S/C23H32N5O3/c1-22(2)14-16(23(3,4)28(22)31)15-26-9-7-25(8-10-26)11-12-27-20(29)18-6-5-17(24)13-19(18)21(27)30/h5-6,13-14H,7-12,15,24H2,1-4H3. The van der Waals surface area contributed by atoms with Crippen LogP contribution in [0.3, 0.4) is 0 Å². The van der Waals surface area contributed by atoms with Crippen molar-refractivity contribution in [1.82, 2.24) is 19.8 Å². The van der Waals surface area contributed by atoms with Crippen LogP contribution >= 0.6 is 0 Å². The van der Waals surface area contributed by atoms with Crippen molar-refractivity contribution in [1.29, 1.82) is 0 Å². The van der Waals surface area contributed by atoms with E-state index in [2.05, 4.69) is 15.9 Å². The van der Waals surface area contributed by atoms with Crippen LogP contribution in [0.5, 0.6) is 0 Å². The third-order valence-corrected chi connectivity index (χ3v) is 6.84. The molecule has 3 heterocycles. The molecule has 2 amide bonds. The second-order valence-electron chi connectivity index (χ2n) is 9.86.